The van der Waals surface area contributed by atoms with E-state index in [1.165, 1.54) is 0 Å². The lowest BCUT2D eigenvalue weighted by Crippen LogP contribution is -2.08. The Balaban J connectivity index is 1.95. The average molecular weight is 222 g/mol. The van der Waals surface area contributed by atoms with Gasteiger partial charge < -0.3 is 9.88 Å². The molecule has 0 aliphatic rings. The summed E-state index contributed by atoms with van der Waals surface area (Å²) in [4.78, 5) is 8.47. The number of aryl methyl sites for hydroxylation is 1. The van der Waals surface area contributed by atoms with Crippen LogP contribution in [0, 0.1) is 0 Å². The van der Waals surface area contributed by atoms with Crippen LogP contribution in [0.4, 0.5) is 5.13 Å². The van der Waals surface area contributed by atoms with Crippen molar-refractivity contribution in [1.82, 2.24) is 14.5 Å². The quantitative estimate of drug-likeness (QED) is 0.844. The molecule has 0 atom stereocenters. The second kappa shape index (κ2) is 4.93. The molecular formula is C10H14N4S. The Labute approximate surface area is 93.0 Å². The summed E-state index contributed by atoms with van der Waals surface area (Å²) < 4.78 is 2.17. The second-order valence-electron chi connectivity index (χ2n) is 3.23. The van der Waals surface area contributed by atoms with Crippen molar-refractivity contribution in [3.63, 3.8) is 0 Å². The fourth-order valence-electron chi connectivity index (χ4n) is 1.42. The Bertz CT molecular complexity index is 393. The number of thiazole rings is 1. The summed E-state index contributed by atoms with van der Waals surface area (Å²) in [6, 6.07) is 0. The number of hydrogen-bond donors (Lipinski definition) is 1. The predicted octanol–water partition coefficient (Wildman–Crippen LogP) is 2.36. The minimum absolute atomic E-state index is 0.737. The number of aromatic nitrogens is 3. The first kappa shape index (κ1) is 10.2. The van der Waals surface area contributed by atoms with Gasteiger partial charge in [-0.25, -0.2) is 9.97 Å². The molecule has 15 heavy (non-hydrogen) atoms. The molecule has 0 aliphatic carbocycles. The van der Waals surface area contributed by atoms with Gasteiger partial charge in [0.2, 0.25) is 0 Å². The SMILES string of the molecule is CCCn1ccnc1CNc1nccs1. The lowest BCUT2D eigenvalue weighted by Gasteiger charge is -2.06. The van der Waals surface area contributed by atoms with Crippen molar-refractivity contribution in [2.75, 3.05) is 5.32 Å². The maximum atomic E-state index is 4.31. The summed E-state index contributed by atoms with van der Waals surface area (Å²) in [5, 5.41) is 6.15. The molecular weight excluding hydrogens is 208 g/mol. The molecule has 0 bridgehead atoms. The third kappa shape index (κ3) is 2.56. The van der Waals surface area contributed by atoms with Crippen LogP contribution in [0.3, 0.4) is 0 Å². The van der Waals surface area contributed by atoms with E-state index >= 15 is 0 Å². The molecule has 0 saturated heterocycles. The Morgan fingerprint density at radius 3 is 3.07 bits per heavy atom. The van der Waals surface area contributed by atoms with Gasteiger partial charge in [-0.3, -0.25) is 0 Å². The number of rotatable bonds is 5. The van der Waals surface area contributed by atoms with Crippen molar-refractivity contribution in [2.24, 2.45) is 0 Å². The molecule has 0 aromatic carbocycles. The lowest BCUT2D eigenvalue weighted by atomic mass is 10.4. The van der Waals surface area contributed by atoms with Crippen LogP contribution < -0.4 is 5.32 Å². The number of anilines is 1. The van der Waals surface area contributed by atoms with Gasteiger partial charge in [0.15, 0.2) is 5.13 Å². The number of nitrogens with one attached hydrogen (secondary N) is 1. The van der Waals surface area contributed by atoms with Crippen LogP contribution in [0.5, 0.6) is 0 Å². The first-order valence-electron chi connectivity index (χ1n) is 5.03. The topological polar surface area (TPSA) is 42.7 Å². The van der Waals surface area contributed by atoms with Gasteiger partial charge in [0.25, 0.3) is 0 Å². The summed E-state index contributed by atoms with van der Waals surface area (Å²) >= 11 is 1.60. The molecule has 1 N–H and O–H groups in total. The summed E-state index contributed by atoms with van der Waals surface area (Å²) in [6.07, 6.45) is 6.78. The second-order valence-corrected chi connectivity index (χ2v) is 4.12. The van der Waals surface area contributed by atoms with Crippen LogP contribution >= 0.6 is 11.3 Å². The zero-order valence-corrected chi connectivity index (χ0v) is 9.50. The highest BCUT2D eigenvalue weighted by atomic mass is 32.1. The van der Waals surface area contributed by atoms with Gasteiger partial charge >= 0.3 is 0 Å². The Morgan fingerprint density at radius 1 is 1.40 bits per heavy atom. The normalized spacial score (nSPS) is 10.5. The lowest BCUT2D eigenvalue weighted by molar-refractivity contribution is 0.644. The van der Waals surface area contributed by atoms with Crippen LogP contribution in [0.25, 0.3) is 0 Å². The smallest absolute Gasteiger partial charge is 0.182 e. The van der Waals surface area contributed by atoms with E-state index in [0.717, 1.165) is 30.5 Å². The molecule has 0 unspecified atom stereocenters. The molecule has 0 spiro atoms. The largest absolute Gasteiger partial charge is 0.354 e. The molecule has 80 valence electrons. The van der Waals surface area contributed by atoms with Crippen molar-refractivity contribution in [3.05, 3.63) is 29.8 Å². The first-order chi connectivity index (χ1) is 7.40. The minimum Gasteiger partial charge on any atom is -0.354 e. The maximum Gasteiger partial charge on any atom is 0.182 e. The van der Waals surface area contributed by atoms with Crippen molar-refractivity contribution in [3.8, 4) is 0 Å². The highest BCUT2D eigenvalue weighted by molar-refractivity contribution is 7.13. The van der Waals surface area contributed by atoms with Crippen LogP contribution in [-0.4, -0.2) is 14.5 Å². The third-order valence-corrected chi connectivity index (χ3v) is 2.83. The standard InChI is InChI=1S/C10H14N4S/c1-2-5-14-6-3-11-9(14)8-13-10-12-4-7-15-10/h3-4,6-7H,2,5,8H2,1H3,(H,12,13). The van der Waals surface area contributed by atoms with Gasteiger partial charge in [0.1, 0.15) is 5.82 Å². The van der Waals surface area contributed by atoms with Crippen molar-refractivity contribution >= 4 is 16.5 Å². The minimum atomic E-state index is 0.737. The Morgan fingerprint density at radius 2 is 2.33 bits per heavy atom. The molecule has 0 fully saturated rings. The number of imidazole rings is 1. The van der Waals surface area contributed by atoms with Crippen molar-refractivity contribution < 1.29 is 0 Å². The Kier molecular flexibility index (Phi) is 3.34. The summed E-state index contributed by atoms with van der Waals surface area (Å²) in [7, 11) is 0. The van der Waals surface area contributed by atoms with E-state index in [4.69, 9.17) is 0 Å². The van der Waals surface area contributed by atoms with Crippen molar-refractivity contribution in [1.29, 1.82) is 0 Å². The first-order valence-corrected chi connectivity index (χ1v) is 5.91. The molecule has 5 heteroatoms. The van der Waals surface area contributed by atoms with E-state index in [1.54, 1.807) is 17.5 Å². The van der Waals surface area contributed by atoms with E-state index in [0.29, 0.717) is 0 Å². The van der Waals surface area contributed by atoms with Crippen LogP contribution in [0.1, 0.15) is 19.2 Å². The average Bonchev–Trinajstić information content (AvgIpc) is 2.85. The fraction of sp³-hybridized carbons (Fsp3) is 0.400. The fourth-order valence-corrected chi connectivity index (χ4v) is 1.94. The molecule has 2 aromatic rings. The Hall–Kier alpha value is -1.36. The van der Waals surface area contributed by atoms with Gasteiger partial charge in [0, 0.05) is 30.5 Å². The molecule has 0 saturated carbocycles. The van der Waals surface area contributed by atoms with E-state index < -0.39 is 0 Å². The van der Waals surface area contributed by atoms with Gasteiger partial charge in [-0.2, -0.15) is 0 Å². The zero-order chi connectivity index (χ0) is 10.5. The summed E-state index contributed by atoms with van der Waals surface area (Å²) in [5.41, 5.74) is 0. The molecule has 2 rings (SSSR count). The highest BCUT2D eigenvalue weighted by Crippen LogP contribution is 2.11. The van der Waals surface area contributed by atoms with E-state index in [-0.39, 0.29) is 0 Å². The monoisotopic (exact) mass is 222 g/mol. The van der Waals surface area contributed by atoms with Gasteiger partial charge in [-0.1, -0.05) is 6.92 Å². The molecule has 0 amide bonds. The molecule has 0 aliphatic heterocycles. The summed E-state index contributed by atoms with van der Waals surface area (Å²) in [5.74, 6) is 1.06. The van der Waals surface area contributed by atoms with Gasteiger partial charge in [0.05, 0.1) is 6.54 Å². The maximum absolute atomic E-state index is 4.31. The van der Waals surface area contributed by atoms with E-state index in [2.05, 4.69) is 26.8 Å². The highest BCUT2D eigenvalue weighted by Gasteiger charge is 2.02. The molecule has 4 nitrogen and oxygen atoms in total. The van der Waals surface area contributed by atoms with Gasteiger partial charge in [-0.15, -0.1) is 11.3 Å². The van der Waals surface area contributed by atoms with Crippen molar-refractivity contribution in [2.45, 2.75) is 26.4 Å². The summed E-state index contributed by atoms with van der Waals surface area (Å²) in [6.45, 7) is 3.92. The van der Waals surface area contributed by atoms with E-state index in [1.807, 2.05) is 17.8 Å². The number of hydrogen-bond acceptors (Lipinski definition) is 4. The molecule has 2 aromatic heterocycles. The zero-order valence-electron chi connectivity index (χ0n) is 8.68. The van der Waals surface area contributed by atoms with Crippen LogP contribution in [0.15, 0.2) is 24.0 Å². The van der Waals surface area contributed by atoms with Crippen LogP contribution in [0.2, 0.25) is 0 Å². The third-order valence-electron chi connectivity index (χ3n) is 2.10. The molecule has 2 heterocycles. The van der Waals surface area contributed by atoms with Gasteiger partial charge in [-0.05, 0) is 6.42 Å². The molecule has 0 radical (unpaired) electrons. The van der Waals surface area contributed by atoms with Crippen LogP contribution in [-0.2, 0) is 13.1 Å². The predicted molar refractivity (Wildman–Crippen MR) is 62.0 cm³/mol. The van der Waals surface area contributed by atoms with E-state index in [9.17, 15) is 0 Å². The number of nitrogens with zero attached hydrogens (tertiary/aromatic N) is 3.